The van der Waals surface area contributed by atoms with Crippen LogP contribution in [-0.4, -0.2) is 37.0 Å². The first-order chi connectivity index (χ1) is 8.62. The van der Waals surface area contributed by atoms with Gasteiger partial charge in [0.15, 0.2) is 0 Å². The van der Waals surface area contributed by atoms with E-state index in [2.05, 4.69) is 19.2 Å². The molecule has 1 fully saturated rings. The van der Waals surface area contributed by atoms with Crippen LogP contribution in [-0.2, 0) is 4.74 Å². The lowest BCUT2D eigenvalue weighted by Gasteiger charge is -2.26. The van der Waals surface area contributed by atoms with Crippen LogP contribution in [0.3, 0.4) is 0 Å². The zero-order valence-corrected chi connectivity index (χ0v) is 12.2. The first kappa shape index (κ1) is 15.9. The second kappa shape index (κ2) is 8.89. The molecule has 1 aliphatic carbocycles. The predicted molar refractivity (Wildman–Crippen MR) is 75.8 cm³/mol. The molecule has 0 aromatic rings. The van der Waals surface area contributed by atoms with Crippen LogP contribution >= 0.6 is 0 Å². The van der Waals surface area contributed by atoms with Gasteiger partial charge >= 0.3 is 0 Å². The number of hydrogen-bond donors (Lipinski definition) is 2. The largest absolute Gasteiger partial charge is 0.389 e. The maximum atomic E-state index is 10.4. The fraction of sp³-hybridized carbons (Fsp3) is 1.00. The molecule has 0 atom stereocenters. The minimum atomic E-state index is -0.464. The van der Waals surface area contributed by atoms with Crippen LogP contribution < -0.4 is 5.32 Å². The number of rotatable bonds is 8. The smallest absolute Gasteiger partial charge is 0.0771 e. The number of ether oxygens (including phenoxy) is 1. The fourth-order valence-corrected chi connectivity index (χ4v) is 2.45. The van der Waals surface area contributed by atoms with Crippen LogP contribution in [0.15, 0.2) is 0 Å². The second-order valence-corrected chi connectivity index (χ2v) is 6.11. The molecule has 3 nitrogen and oxygen atoms in total. The van der Waals surface area contributed by atoms with Crippen molar-refractivity contribution >= 4 is 0 Å². The summed E-state index contributed by atoms with van der Waals surface area (Å²) >= 11 is 0. The Morgan fingerprint density at radius 3 is 2.39 bits per heavy atom. The van der Waals surface area contributed by atoms with Gasteiger partial charge in [-0.2, -0.15) is 0 Å². The number of nitrogens with one attached hydrogen (secondary N) is 1. The van der Waals surface area contributed by atoms with Crippen molar-refractivity contribution in [3.05, 3.63) is 0 Å². The zero-order valence-electron chi connectivity index (χ0n) is 12.2. The van der Waals surface area contributed by atoms with Crippen molar-refractivity contribution in [2.24, 2.45) is 5.92 Å². The van der Waals surface area contributed by atoms with Crippen LogP contribution in [0.1, 0.15) is 58.8 Å². The Bertz CT molecular complexity index is 199. The average Bonchev–Trinajstić information content (AvgIpc) is 2.53. The van der Waals surface area contributed by atoms with Crippen LogP contribution in [0.5, 0.6) is 0 Å². The van der Waals surface area contributed by atoms with E-state index in [1.807, 2.05) is 0 Å². The van der Waals surface area contributed by atoms with Gasteiger partial charge in [0.1, 0.15) is 0 Å². The number of hydrogen-bond acceptors (Lipinski definition) is 3. The van der Waals surface area contributed by atoms with Crippen LogP contribution in [0, 0.1) is 5.92 Å². The zero-order chi connectivity index (χ0) is 13.3. The summed E-state index contributed by atoms with van der Waals surface area (Å²) in [5.41, 5.74) is -0.464. The maximum absolute atomic E-state index is 10.4. The van der Waals surface area contributed by atoms with E-state index in [1.54, 1.807) is 0 Å². The van der Waals surface area contributed by atoms with E-state index in [0.717, 1.165) is 45.6 Å². The summed E-state index contributed by atoms with van der Waals surface area (Å²) in [5.74, 6) is 0.713. The van der Waals surface area contributed by atoms with Gasteiger partial charge in [0.05, 0.1) is 12.2 Å². The molecule has 3 heteroatoms. The molecule has 1 rings (SSSR count). The highest BCUT2D eigenvalue weighted by Gasteiger charge is 2.26. The van der Waals surface area contributed by atoms with Crippen molar-refractivity contribution in [1.82, 2.24) is 5.32 Å². The third-order valence-electron chi connectivity index (χ3n) is 3.75. The molecule has 0 aromatic carbocycles. The number of aliphatic hydroxyl groups is 1. The quantitative estimate of drug-likeness (QED) is 0.519. The third-order valence-corrected chi connectivity index (χ3v) is 3.75. The molecule has 0 heterocycles. The molecule has 0 unspecified atom stereocenters. The predicted octanol–water partition coefficient (Wildman–Crippen LogP) is 2.72. The molecule has 0 amide bonds. The first-order valence-corrected chi connectivity index (χ1v) is 7.63. The molecule has 18 heavy (non-hydrogen) atoms. The highest BCUT2D eigenvalue weighted by molar-refractivity contribution is 4.83. The van der Waals surface area contributed by atoms with Crippen LogP contribution in [0.25, 0.3) is 0 Å². The molecule has 2 N–H and O–H groups in total. The normalized spacial score (nSPS) is 20.0. The summed E-state index contributed by atoms with van der Waals surface area (Å²) in [6.45, 7) is 7.60. The van der Waals surface area contributed by atoms with Gasteiger partial charge in [-0.25, -0.2) is 0 Å². The molecule has 0 radical (unpaired) electrons. The van der Waals surface area contributed by atoms with E-state index in [-0.39, 0.29) is 0 Å². The molecule has 0 saturated heterocycles. The van der Waals surface area contributed by atoms with Crippen molar-refractivity contribution in [1.29, 1.82) is 0 Å². The molecule has 0 spiro atoms. The molecule has 0 aliphatic heterocycles. The summed E-state index contributed by atoms with van der Waals surface area (Å²) in [7, 11) is 0. The van der Waals surface area contributed by atoms with E-state index >= 15 is 0 Å². The summed E-state index contributed by atoms with van der Waals surface area (Å²) in [5, 5.41) is 13.8. The fourth-order valence-electron chi connectivity index (χ4n) is 2.45. The average molecular weight is 257 g/mol. The Morgan fingerprint density at radius 2 is 1.78 bits per heavy atom. The summed E-state index contributed by atoms with van der Waals surface area (Å²) < 4.78 is 5.55. The Kier molecular flexibility index (Phi) is 7.87. The highest BCUT2D eigenvalue weighted by Crippen LogP contribution is 2.26. The van der Waals surface area contributed by atoms with E-state index in [0.29, 0.717) is 5.92 Å². The minimum Gasteiger partial charge on any atom is -0.389 e. The first-order valence-electron chi connectivity index (χ1n) is 7.63. The summed E-state index contributed by atoms with van der Waals surface area (Å²) in [6.07, 6.45) is 7.93. The van der Waals surface area contributed by atoms with Gasteiger partial charge in [0.25, 0.3) is 0 Å². The molecule has 108 valence electrons. The molecular weight excluding hydrogens is 226 g/mol. The van der Waals surface area contributed by atoms with E-state index < -0.39 is 5.60 Å². The molecule has 1 saturated carbocycles. The Balaban J connectivity index is 1.99. The Hall–Kier alpha value is -0.120. The van der Waals surface area contributed by atoms with E-state index in [4.69, 9.17) is 4.74 Å². The van der Waals surface area contributed by atoms with Crippen molar-refractivity contribution in [2.75, 3.05) is 26.3 Å². The van der Waals surface area contributed by atoms with E-state index in [9.17, 15) is 5.11 Å². The third kappa shape index (κ3) is 7.34. The molecule has 1 aliphatic rings. The SMILES string of the molecule is CC(C)CCOCCNCC1(O)CCCCCC1. The molecule has 0 bridgehead atoms. The molecular formula is C15H31NO2. The van der Waals surface area contributed by atoms with Gasteiger partial charge in [0.2, 0.25) is 0 Å². The van der Waals surface area contributed by atoms with Crippen molar-refractivity contribution in [2.45, 2.75) is 64.4 Å². The lowest BCUT2D eigenvalue weighted by Crippen LogP contribution is -2.41. The van der Waals surface area contributed by atoms with E-state index in [1.165, 1.54) is 25.7 Å². The van der Waals surface area contributed by atoms with Gasteiger partial charge in [-0.1, -0.05) is 39.5 Å². The standard InChI is InChI=1S/C15H31NO2/c1-14(2)7-11-18-12-10-16-13-15(17)8-5-3-4-6-9-15/h14,16-17H,3-13H2,1-2H3. The van der Waals surface area contributed by atoms with Crippen molar-refractivity contribution in [3.63, 3.8) is 0 Å². The minimum absolute atomic E-state index is 0.464. The second-order valence-electron chi connectivity index (χ2n) is 6.11. The van der Waals surface area contributed by atoms with Crippen molar-refractivity contribution in [3.8, 4) is 0 Å². The van der Waals surface area contributed by atoms with Crippen LogP contribution in [0.4, 0.5) is 0 Å². The van der Waals surface area contributed by atoms with Crippen LogP contribution in [0.2, 0.25) is 0 Å². The summed E-state index contributed by atoms with van der Waals surface area (Å²) in [4.78, 5) is 0. The highest BCUT2D eigenvalue weighted by atomic mass is 16.5. The molecule has 0 aromatic heterocycles. The van der Waals surface area contributed by atoms with Gasteiger partial charge in [-0.05, 0) is 25.2 Å². The van der Waals surface area contributed by atoms with Crippen molar-refractivity contribution < 1.29 is 9.84 Å². The van der Waals surface area contributed by atoms with Gasteiger partial charge < -0.3 is 15.2 Å². The maximum Gasteiger partial charge on any atom is 0.0771 e. The summed E-state index contributed by atoms with van der Waals surface area (Å²) in [6, 6.07) is 0. The van der Waals surface area contributed by atoms with Gasteiger partial charge in [-0.15, -0.1) is 0 Å². The lowest BCUT2D eigenvalue weighted by molar-refractivity contribution is 0.0230. The van der Waals surface area contributed by atoms with Gasteiger partial charge in [0, 0.05) is 19.7 Å². The topological polar surface area (TPSA) is 41.5 Å². The Morgan fingerprint density at radius 1 is 1.11 bits per heavy atom. The van der Waals surface area contributed by atoms with Gasteiger partial charge in [-0.3, -0.25) is 0 Å². The lowest BCUT2D eigenvalue weighted by atomic mass is 9.94. The Labute approximate surface area is 112 Å². The monoisotopic (exact) mass is 257 g/mol.